The number of hydrogen-bond acceptors (Lipinski definition) is 2. The third-order valence-corrected chi connectivity index (χ3v) is 4.50. The summed E-state index contributed by atoms with van der Waals surface area (Å²) in [5, 5.41) is 0. The molecule has 5 heteroatoms. The van der Waals surface area contributed by atoms with Gasteiger partial charge in [0, 0.05) is 24.5 Å². The molecule has 0 bridgehead atoms. The van der Waals surface area contributed by atoms with Crippen LogP contribution in [-0.2, 0) is 9.59 Å². The molecule has 1 atom stereocenters. The average Bonchev–Trinajstić information content (AvgIpc) is 2.45. The molecule has 1 aromatic carbocycles. The van der Waals surface area contributed by atoms with Crippen molar-refractivity contribution in [3.05, 3.63) is 28.7 Å². The number of carbonyl (C=O) groups is 2. The van der Waals surface area contributed by atoms with Crippen LogP contribution in [0, 0.1) is 5.92 Å². The predicted molar refractivity (Wildman–Crippen MR) is 87.1 cm³/mol. The second-order valence-corrected chi connectivity index (χ2v) is 6.50. The van der Waals surface area contributed by atoms with Crippen LogP contribution in [0.25, 0.3) is 0 Å². The van der Waals surface area contributed by atoms with Gasteiger partial charge >= 0.3 is 0 Å². The number of nitrogens with zero attached hydrogens (tertiary/aromatic N) is 2. The SMILES string of the molecule is CC(=O)N(CC(=O)N1CCCC(C)C1)c1ccccc1Br. The van der Waals surface area contributed by atoms with Gasteiger partial charge in [0.25, 0.3) is 0 Å². The van der Waals surface area contributed by atoms with Crippen molar-refractivity contribution in [3.63, 3.8) is 0 Å². The Morgan fingerprint density at radius 1 is 1.38 bits per heavy atom. The molecule has 0 aliphatic carbocycles. The van der Waals surface area contributed by atoms with Crippen molar-refractivity contribution in [2.75, 3.05) is 24.5 Å². The number of rotatable bonds is 3. The summed E-state index contributed by atoms with van der Waals surface area (Å²) in [6.45, 7) is 5.34. The first-order chi connectivity index (χ1) is 9.99. The monoisotopic (exact) mass is 352 g/mol. The van der Waals surface area contributed by atoms with Gasteiger partial charge in [0.2, 0.25) is 11.8 Å². The number of amides is 2. The van der Waals surface area contributed by atoms with Gasteiger partial charge < -0.3 is 9.80 Å². The lowest BCUT2D eigenvalue weighted by molar-refractivity contribution is -0.132. The molecule has 1 aliphatic rings. The minimum absolute atomic E-state index is 0.0208. The van der Waals surface area contributed by atoms with E-state index >= 15 is 0 Å². The highest BCUT2D eigenvalue weighted by Crippen LogP contribution is 2.26. The molecule has 0 radical (unpaired) electrons. The van der Waals surface area contributed by atoms with Gasteiger partial charge in [-0.25, -0.2) is 0 Å². The number of likely N-dealkylation sites (tertiary alicyclic amines) is 1. The van der Waals surface area contributed by atoms with E-state index in [1.807, 2.05) is 29.2 Å². The van der Waals surface area contributed by atoms with Crippen LogP contribution in [0.2, 0.25) is 0 Å². The molecular formula is C16H21BrN2O2. The molecule has 0 saturated carbocycles. The number of para-hydroxylation sites is 1. The number of piperidine rings is 1. The van der Waals surface area contributed by atoms with Gasteiger partial charge in [-0.3, -0.25) is 9.59 Å². The summed E-state index contributed by atoms with van der Waals surface area (Å²) in [6.07, 6.45) is 2.21. The highest BCUT2D eigenvalue weighted by molar-refractivity contribution is 9.10. The van der Waals surface area contributed by atoms with Gasteiger partial charge in [0.05, 0.1) is 5.69 Å². The standard InChI is InChI=1S/C16H21BrN2O2/c1-12-6-5-9-18(10-12)16(21)11-19(13(2)20)15-8-4-3-7-14(15)17/h3-4,7-8,12H,5-6,9-11H2,1-2H3. The summed E-state index contributed by atoms with van der Waals surface area (Å²) in [5.41, 5.74) is 0.739. The van der Waals surface area contributed by atoms with Crippen molar-refractivity contribution in [2.45, 2.75) is 26.7 Å². The van der Waals surface area contributed by atoms with Gasteiger partial charge in [-0.15, -0.1) is 0 Å². The third kappa shape index (κ3) is 4.06. The largest absolute Gasteiger partial charge is 0.341 e. The van der Waals surface area contributed by atoms with Crippen molar-refractivity contribution < 1.29 is 9.59 Å². The fourth-order valence-corrected chi connectivity index (χ4v) is 3.19. The van der Waals surface area contributed by atoms with Crippen LogP contribution in [0.1, 0.15) is 26.7 Å². The normalized spacial score (nSPS) is 18.4. The Hall–Kier alpha value is -1.36. The van der Waals surface area contributed by atoms with Crippen molar-refractivity contribution in [3.8, 4) is 0 Å². The Kier molecular flexibility index (Phi) is 5.39. The minimum atomic E-state index is -0.125. The zero-order chi connectivity index (χ0) is 15.4. The van der Waals surface area contributed by atoms with Crippen LogP contribution in [0.5, 0.6) is 0 Å². The molecular weight excluding hydrogens is 332 g/mol. The van der Waals surface area contributed by atoms with Crippen LogP contribution in [0.3, 0.4) is 0 Å². The Labute approximate surface area is 134 Å². The van der Waals surface area contributed by atoms with Crippen LogP contribution in [-0.4, -0.2) is 36.3 Å². The first-order valence-electron chi connectivity index (χ1n) is 7.29. The molecule has 114 valence electrons. The zero-order valence-corrected chi connectivity index (χ0v) is 14.1. The van der Waals surface area contributed by atoms with Crippen molar-refractivity contribution in [2.24, 2.45) is 5.92 Å². The van der Waals surface area contributed by atoms with Crippen LogP contribution in [0.15, 0.2) is 28.7 Å². The van der Waals surface area contributed by atoms with Crippen LogP contribution in [0.4, 0.5) is 5.69 Å². The molecule has 1 heterocycles. The Morgan fingerprint density at radius 2 is 2.10 bits per heavy atom. The number of carbonyl (C=O) groups excluding carboxylic acids is 2. The molecule has 1 aliphatic heterocycles. The molecule has 21 heavy (non-hydrogen) atoms. The molecule has 1 unspecified atom stereocenters. The lowest BCUT2D eigenvalue weighted by atomic mass is 10.0. The molecule has 2 rings (SSSR count). The Bertz CT molecular complexity index is 533. The first kappa shape index (κ1) is 16.0. The zero-order valence-electron chi connectivity index (χ0n) is 12.5. The third-order valence-electron chi connectivity index (χ3n) is 3.83. The van der Waals surface area contributed by atoms with E-state index < -0.39 is 0 Å². The summed E-state index contributed by atoms with van der Waals surface area (Å²) in [5.74, 6) is 0.435. The second-order valence-electron chi connectivity index (χ2n) is 5.64. The van der Waals surface area contributed by atoms with Gasteiger partial charge in [0.15, 0.2) is 0 Å². The van der Waals surface area contributed by atoms with Gasteiger partial charge in [-0.1, -0.05) is 19.1 Å². The van der Waals surface area contributed by atoms with E-state index in [1.165, 1.54) is 18.2 Å². The van der Waals surface area contributed by atoms with Gasteiger partial charge in [-0.05, 0) is 46.8 Å². The van der Waals surface area contributed by atoms with Crippen molar-refractivity contribution in [1.29, 1.82) is 0 Å². The number of halogens is 1. The highest BCUT2D eigenvalue weighted by atomic mass is 79.9. The van der Waals surface area contributed by atoms with E-state index in [-0.39, 0.29) is 18.4 Å². The molecule has 2 amide bonds. The summed E-state index contributed by atoms with van der Waals surface area (Å²) in [6, 6.07) is 7.47. The summed E-state index contributed by atoms with van der Waals surface area (Å²) < 4.78 is 0.819. The molecule has 1 fully saturated rings. The first-order valence-corrected chi connectivity index (χ1v) is 8.08. The van der Waals surface area contributed by atoms with E-state index in [9.17, 15) is 9.59 Å². The summed E-state index contributed by atoms with van der Waals surface area (Å²) in [4.78, 5) is 27.8. The molecule has 4 nitrogen and oxygen atoms in total. The molecule has 0 aromatic heterocycles. The average molecular weight is 353 g/mol. The smallest absolute Gasteiger partial charge is 0.242 e. The highest BCUT2D eigenvalue weighted by Gasteiger charge is 2.24. The molecule has 0 spiro atoms. The minimum Gasteiger partial charge on any atom is -0.341 e. The van der Waals surface area contributed by atoms with E-state index in [0.29, 0.717) is 5.92 Å². The fraction of sp³-hybridized carbons (Fsp3) is 0.500. The Balaban J connectivity index is 2.12. The van der Waals surface area contributed by atoms with Crippen LogP contribution >= 0.6 is 15.9 Å². The number of benzene rings is 1. The van der Waals surface area contributed by atoms with Gasteiger partial charge in [0.1, 0.15) is 6.54 Å². The maximum absolute atomic E-state index is 12.5. The summed E-state index contributed by atoms with van der Waals surface area (Å²) in [7, 11) is 0. The topological polar surface area (TPSA) is 40.6 Å². The molecule has 1 saturated heterocycles. The summed E-state index contributed by atoms with van der Waals surface area (Å²) >= 11 is 3.44. The van der Waals surface area contributed by atoms with Crippen molar-refractivity contribution >= 4 is 33.4 Å². The number of anilines is 1. The quantitative estimate of drug-likeness (QED) is 0.838. The second kappa shape index (κ2) is 7.07. The van der Waals surface area contributed by atoms with E-state index in [2.05, 4.69) is 22.9 Å². The number of hydrogen-bond donors (Lipinski definition) is 0. The lowest BCUT2D eigenvalue weighted by Gasteiger charge is -2.33. The lowest BCUT2D eigenvalue weighted by Crippen LogP contribution is -2.46. The van der Waals surface area contributed by atoms with Crippen molar-refractivity contribution in [1.82, 2.24) is 4.90 Å². The maximum Gasteiger partial charge on any atom is 0.242 e. The van der Waals surface area contributed by atoms with Gasteiger partial charge in [-0.2, -0.15) is 0 Å². The molecule has 0 N–H and O–H groups in total. The van der Waals surface area contributed by atoms with E-state index in [4.69, 9.17) is 0 Å². The predicted octanol–water partition coefficient (Wildman–Crippen LogP) is 3.06. The fourth-order valence-electron chi connectivity index (χ4n) is 2.69. The van der Waals surface area contributed by atoms with E-state index in [1.54, 1.807) is 0 Å². The Morgan fingerprint density at radius 3 is 2.71 bits per heavy atom. The maximum atomic E-state index is 12.5. The van der Waals surface area contributed by atoms with Crippen LogP contribution < -0.4 is 4.90 Å². The van der Waals surface area contributed by atoms with E-state index in [0.717, 1.165) is 29.7 Å². The molecule has 1 aromatic rings.